The summed E-state index contributed by atoms with van der Waals surface area (Å²) in [5.74, 6) is -2.07. The van der Waals surface area contributed by atoms with Crippen LogP contribution in [-0.2, 0) is 14.3 Å². The van der Waals surface area contributed by atoms with E-state index in [1.165, 1.54) is 0 Å². The molecule has 0 aliphatic rings. The van der Waals surface area contributed by atoms with Crippen LogP contribution in [0.2, 0.25) is 0 Å². The molecular weight excluding hydrogens is 334 g/mol. The van der Waals surface area contributed by atoms with Crippen LogP contribution in [0, 0.1) is 0 Å². The summed E-state index contributed by atoms with van der Waals surface area (Å²) >= 11 is 0. The Hall–Kier alpha value is -3.15. The number of carbonyl (C=O) groups is 3. The Labute approximate surface area is 151 Å². The summed E-state index contributed by atoms with van der Waals surface area (Å²) < 4.78 is 4.91. The van der Waals surface area contributed by atoms with Crippen LogP contribution in [0.3, 0.4) is 0 Å². The largest absolute Gasteiger partial charge is 0.481 e. The average molecular weight is 355 g/mol. The van der Waals surface area contributed by atoms with E-state index in [0.29, 0.717) is 17.9 Å². The first-order valence-electron chi connectivity index (χ1n) is 8.33. The monoisotopic (exact) mass is 355 g/mol. The summed E-state index contributed by atoms with van der Waals surface area (Å²) in [4.78, 5) is 35.0. The van der Waals surface area contributed by atoms with Crippen LogP contribution < -0.4 is 5.32 Å². The molecule has 0 aliphatic carbocycles. The van der Waals surface area contributed by atoms with Crippen LogP contribution >= 0.6 is 0 Å². The van der Waals surface area contributed by atoms with E-state index in [-0.39, 0.29) is 18.7 Å². The molecule has 0 saturated carbocycles. The van der Waals surface area contributed by atoms with Crippen molar-refractivity contribution in [1.82, 2.24) is 0 Å². The minimum absolute atomic E-state index is 0.0515. The summed E-state index contributed by atoms with van der Waals surface area (Å²) in [5.41, 5.74) is 1.74. The molecule has 2 N–H and O–H groups in total. The van der Waals surface area contributed by atoms with Gasteiger partial charge < -0.3 is 15.2 Å². The molecule has 2 aromatic rings. The molecule has 0 aliphatic heterocycles. The van der Waals surface area contributed by atoms with E-state index in [9.17, 15) is 14.4 Å². The fourth-order valence-electron chi connectivity index (χ4n) is 2.58. The number of carbonyl (C=O) groups excluding carboxylic acids is 2. The van der Waals surface area contributed by atoms with Crippen LogP contribution in [-0.4, -0.2) is 29.6 Å². The number of carboxylic acids is 1. The number of ether oxygens (including phenoxy) is 1. The number of anilines is 1. The Morgan fingerprint density at radius 3 is 2.23 bits per heavy atom. The number of rotatable bonds is 8. The summed E-state index contributed by atoms with van der Waals surface area (Å²) in [6, 6.07) is 15.5. The topological polar surface area (TPSA) is 92.7 Å². The van der Waals surface area contributed by atoms with E-state index in [0.717, 1.165) is 5.56 Å². The molecule has 2 aromatic carbocycles. The van der Waals surface area contributed by atoms with E-state index >= 15 is 0 Å². The number of carboxylic acid groups (broad SMARTS) is 1. The van der Waals surface area contributed by atoms with Crippen molar-refractivity contribution in [3.8, 4) is 0 Å². The molecule has 1 atom stereocenters. The third-order valence-electron chi connectivity index (χ3n) is 3.80. The van der Waals surface area contributed by atoms with E-state index in [2.05, 4.69) is 5.32 Å². The van der Waals surface area contributed by atoms with Crippen LogP contribution in [0.15, 0.2) is 54.6 Å². The van der Waals surface area contributed by atoms with Gasteiger partial charge in [-0.2, -0.15) is 0 Å². The maximum atomic E-state index is 12.3. The number of hydrogen-bond donors (Lipinski definition) is 2. The van der Waals surface area contributed by atoms with Gasteiger partial charge >= 0.3 is 11.9 Å². The molecule has 0 radical (unpaired) electrons. The second-order valence-corrected chi connectivity index (χ2v) is 5.76. The van der Waals surface area contributed by atoms with Crippen molar-refractivity contribution in [2.24, 2.45) is 0 Å². The molecule has 6 heteroatoms. The molecule has 136 valence electrons. The van der Waals surface area contributed by atoms with Gasteiger partial charge in [0.25, 0.3) is 0 Å². The van der Waals surface area contributed by atoms with Gasteiger partial charge in [-0.05, 0) is 36.8 Å². The van der Waals surface area contributed by atoms with Gasteiger partial charge in [-0.1, -0.05) is 30.3 Å². The molecular formula is C20H21NO5. The van der Waals surface area contributed by atoms with Crippen molar-refractivity contribution in [1.29, 1.82) is 0 Å². The zero-order valence-corrected chi connectivity index (χ0v) is 14.5. The molecule has 1 amide bonds. The summed E-state index contributed by atoms with van der Waals surface area (Å²) in [6.07, 6.45) is -0.0742. The predicted octanol–water partition coefficient (Wildman–Crippen LogP) is 3.45. The Morgan fingerprint density at radius 1 is 1.00 bits per heavy atom. The first-order chi connectivity index (χ1) is 12.5. The zero-order chi connectivity index (χ0) is 18.9. The molecule has 0 heterocycles. The lowest BCUT2D eigenvalue weighted by molar-refractivity contribution is -0.137. The first kappa shape index (κ1) is 19.2. The number of esters is 1. The van der Waals surface area contributed by atoms with E-state index in [1.54, 1.807) is 31.2 Å². The summed E-state index contributed by atoms with van der Waals surface area (Å²) in [6.45, 7) is 2.02. The number of hydrogen-bond acceptors (Lipinski definition) is 4. The molecule has 6 nitrogen and oxygen atoms in total. The highest BCUT2D eigenvalue weighted by Crippen LogP contribution is 2.24. The van der Waals surface area contributed by atoms with E-state index in [4.69, 9.17) is 9.84 Å². The second-order valence-electron chi connectivity index (χ2n) is 5.76. The Morgan fingerprint density at radius 2 is 1.65 bits per heavy atom. The standard InChI is InChI=1S/C20H21NO5/c1-2-26-20(25)15-8-10-17(11-9-15)21-18(22)12-16(13-19(23)24)14-6-4-3-5-7-14/h3-11,16H,2,12-13H2,1H3,(H,21,22)(H,23,24). The van der Waals surface area contributed by atoms with Gasteiger partial charge in [0.05, 0.1) is 18.6 Å². The summed E-state index contributed by atoms with van der Waals surface area (Å²) in [7, 11) is 0. The fourth-order valence-corrected chi connectivity index (χ4v) is 2.58. The van der Waals surface area contributed by atoms with Crippen molar-refractivity contribution in [3.63, 3.8) is 0 Å². The van der Waals surface area contributed by atoms with Gasteiger partial charge in [0.2, 0.25) is 5.91 Å². The smallest absolute Gasteiger partial charge is 0.338 e. The minimum atomic E-state index is -0.953. The molecule has 1 unspecified atom stereocenters. The maximum Gasteiger partial charge on any atom is 0.338 e. The van der Waals surface area contributed by atoms with Gasteiger partial charge in [-0.3, -0.25) is 9.59 Å². The second kappa shape index (κ2) is 9.36. The minimum Gasteiger partial charge on any atom is -0.481 e. The molecule has 0 bridgehead atoms. The highest BCUT2D eigenvalue weighted by Gasteiger charge is 2.19. The van der Waals surface area contributed by atoms with Crippen LogP contribution in [0.1, 0.15) is 41.6 Å². The normalized spacial score (nSPS) is 11.4. The molecule has 0 fully saturated rings. The highest BCUT2D eigenvalue weighted by atomic mass is 16.5. The van der Waals surface area contributed by atoms with Crippen LogP contribution in [0.4, 0.5) is 5.69 Å². The Bertz CT molecular complexity index is 756. The third-order valence-corrected chi connectivity index (χ3v) is 3.80. The number of benzene rings is 2. The van der Waals surface area contributed by atoms with Gasteiger partial charge in [0, 0.05) is 18.0 Å². The lowest BCUT2D eigenvalue weighted by Crippen LogP contribution is -2.17. The van der Waals surface area contributed by atoms with Crippen LogP contribution in [0.5, 0.6) is 0 Å². The van der Waals surface area contributed by atoms with E-state index < -0.39 is 17.9 Å². The number of amides is 1. The van der Waals surface area contributed by atoms with Crippen molar-refractivity contribution < 1.29 is 24.2 Å². The third kappa shape index (κ3) is 5.73. The van der Waals surface area contributed by atoms with Crippen molar-refractivity contribution >= 4 is 23.5 Å². The van der Waals surface area contributed by atoms with Gasteiger partial charge in [-0.15, -0.1) is 0 Å². The molecule has 26 heavy (non-hydrogen) atoms. The molecule has 0 spiro atoms. The first-order valence-corrected chi connectivity index (χ1v) is 8.33. The summed E-state index contributed by atoms with van der Waals surface area (Å²) in [5, 5.41) is 11.8. The lowest BCUT2D eigenvalue weighted by atomic mass is 9.92. The van der Waals surface area contributed by atoms with Crippen molar-refractivity contribution in [2.75, 3.05) is 11.9 Å². The lowest BCUT2D eigenvalue weighted by Gasteiger charge is -2.15. The predicted molar refractivity (Wildman–Crippen MR) is 97.1 cm³/mol. The van der Waals surface area contributed by atoms with Gasteiger partial charge in [0.15, 0.2) is 0 Å². The Balaban J connectivity index is 2.01. The van der Waals surface area contributed by atoms with Gasteiger partial charge in [0.1, 0.15) is 0 Å². The van der Waals surface area contributed by atoms with E-state index in [1.807, 2.05) is 30.3 Å². The highest BCUT2D eigenvalue weighted by molar-refractivity contribution is 5.93. The zero-order valence-electron chi connectivity index (χ0n) is 14.5. The molecule has 2 rings (SSSR count). The quantitative estimate of drug-likeness (QED) is 0.708. The average Bonchev–Trinajstić information content (AvgIpc) is 2.62. The van der Waals surface area contributed by atoms with Crippen molar-refractivity contribution in [2.45, 2.75) is 25.7 Å². The van der Waals surface area contributed by atoms with Crippen LogP contribution in [0.25, 0.3) is 0 Å². The molecule has 0 aromatic heterocycles. The van der Waals surface area contributed by atoms with Gasteiger partial charge in [-0.25, -0.2) is 4.79 Å². The fraction of sp³-hybridized carbons (Fsp3) is 0.250. The molecule has 0 saturated heterocycles. The number of nitrogens with one attached hydrogen (secondary N) is 1. The van der Waals surface area contributed by atoms with Crippen molar-refractivity contribution in [3.05, 3.63) is 65.7 Å². The maximum absolute atomic E-state index is 12.3. The Kier molecular flexibility index (Phi) is 6.91. The number of aliphatic carboxylic acids is 1. The SMILES string of the molecule is CCOC(=O)c1ccc(NC(=O)CC(CC(=O)O)c2ccccc2)cc1.